The van der Waals surface area contributed by atoms with E-state index in [1.807, 2.05) is 32.9 Å². The Morgan fingerprint density at radius 1 is 1.24 bits per heavy atom. The van der Waals surface area contributed by atoms with E-state index in [2.05, 4.69) is 10.6 Å². The molecule has 1 aromatic rings. The third kappa shape index (κ3) is 3.35. The van der Waals surface area contributed by atoms with Gasteiger partial charge in [-0.25, -0.2) is 0 Å². The molecule has 5 nitrogen and oxygen atoms in total. The van der Waals surface area contributed by atoms with E-state index in [-0.39, 0.29) is 17.9 Å². The van der Waals surface area contributed by atoms with Crippen molar-refractivity contribution in [1.82, 2.24) is 5.32 Å². The number of carbonyl (C=O) groups is 2. The zero-order chi connectivity index (χ0) is 15.5. The van der Waals surface area contributed by atoms with Gasteiger partial charge in [-0.15, -0.1) is 0 Å². The molecule has 0 unspecified atom stereocenters. The van der Waals surface area contributed by atoms with Crippen molar-refractivity contribution < 1.29 is 14.3 Å². The van der Waals surface area contributed by atoms with Crippen LogP contribution in [0.1, 0.15) is 33.6 Å². The topological polar surface area (TPSA) is 67.4 Å². The minimum Gasteiger partial charge on any atom is -0.492 e. The number of hydrogen-bond acceptors (Lipinski definition) is 3. The Labute approximate surface area is 125 Å². The van der Waals surface area contributed by atoms with Crippen molar-refractivity contribution in [2.24, 2.45) is 5.41 Å². The van der Waals surface area contributed by atoms with Crippen LogP contribution in [0.2, 0.25) is 0 Å². The second kappa shape index (κ2) is 6.16. The van der Waals surface area contributed by atoms with E-state index in [1.54, 1.807) is 12.1 Å². The van der Waals surface area contributed by atoms with Crippen LogP contribution in [-0.2, 0) is 9.59 Å². The molecule has 21 heavy (non-hydrogen) atoms. The highest BCUT2D eigenvalue weighted by atomic mass is 16.5. The highest BCUT2D eigenvalue weighted by Gasteiger charge is 2.56. The lowest BCUT2D eigenvalue weighted by molar-refractivity contribution is -0.134. The minimum atomic E-state index is -0.913. The maximum atomic E-state index is 12.4. The van der Waals surface area contributed by atoms with Crippen molar-refractivity contribution in [3.05, 3.63) is 24.3 Å². The van der Waals surface area contributed by atoms with Gasteiger partial charge in [0, 0.05) is 6.04 Å². The molecule has 0 spiro atoms. The summed E-state index contributed by atoms with van der Waals surface area (Å²) in [6.45, 7) is 6.18. The predicted molar refractivity (Wildman–Crippen MR) is 81.2 cm³/mol. The van der Waals surface area contributed by atoms with Crippen molar-refractivity contribution in [3.8, 4) is 5.75 Å². The Hall–Kier alpha value is -2.04. The van der Waals surface area contributed by atoms with Crippen LogP contribution in [0.3, 0.4) is 0 Å². The van der Waals surface area contributed by atoms with Crippen LogP contribution in [0.4, 0.5) is 5.69 Å². The van der Waals surface area contributed by atoms with Gasteiger partial charge < -0.3 is 15.4 Å². The van der Waals surface area contributed by atoms with Gasteiger partial charge in [-0.3, -0.25) is 9.59 Å². The van der Waals surface area contributed by atoms with E-state index >= 15 is 0 Å². The summed E-state index contributed by atoms with van der Waals surface area (Å²) in [5, 5.41) is 5.65. The van der Waals surface area contributed by atoms with Gasteiger partial charge in [0.25, 0.3) is 0 Å². The third-order valence-electron chi connectivity index (χ3n) is 3.47. The summed E-state index contributed by atoms with van der Waals surface area (Å²) in [6, 6.07) is 7.27. The summed E-state index contributed by atoms with van der Waals surface area (Å²) in [7, 11) is 0. The second-order valence-electron chi connectivity index (χ2n) is 5.59. The fraction of sp³-hybridized carbons (Fsp3) is 0.500. The zero-order valence-electron chi connectivity index (χ0n) is 12.7. The average Bonchev–Trinajstić information content (AvgIpc) is 3.22. The fourth-order valence-corrected chi connectivity index (χ4v) is 2.18. The van der Waals surface area contributed by atoms with Crippen molar-refractivity contribution in [2.45, 2.75) is 39.7 Å². The molecule has 114 valence electrons. The molecule has 0 heterocycles. The molecule has 0 aliphatic heterocycles. The number of hydrogen-bond donors (Lipinski definition) is 2. The molecule has 1 aromatic carbocycles. The molecule has 2 rings (SSSR count). The summed E-state index contributed by atoms with van der Waals surface area (Å²) < 4.78 is 5.48. The summed E-state index contributed by atoms with van der Waals surface area (Å²) in [5.74, 6) is 0.171. The number of ether oxygens (including phenoxy) is 1. The van der Waals surface area contributed by atoms with E-state index in [1.165, 1.54) is 0 Å². The van der Waals surface area contributed by atoms with E-state index in [0.717, 1.165) is 0 Å². The normalized spacial score (nSPS) is 15.4. The molecule has 2 amide bonds. The highest BCUT2D eigenvalue weighted by Crippen LogP contribution is 2.47. The Kier molecular flexibility index (Phi) is 4.50. The van der Waals surface area contributed by atoms with Crippen molar-refractivity contribution in [3.63, 3.8) is 0 Å². The number of rotatable bonds is 6. The molecule has 0 radical (unpaired) electrons. The van der Waals surface area contributed by atoms with Gasteiger partial charge in [-0.2, -0.15) is 0 Å². The first-order valence-electron chi connectivity index (χ1n) is 7.34. The van der Waals surface area contributed by atoms with Crippen LogP contribution in [0.25, 0.3) is 0 Å². The molecule has 5 heteroatoms. The third-order valence-corrected chi connectivity index (χ3v) is 3.47. The van der Waals surface area contributed by atoms with Crippen LogP contribution in [0, 0.1) is 5.41 Å². The highest BCUT2D eigenvalue weighted by molar-refractivity contribution is 6.13. The van der Waals surface area contributed by atoms with E-state index < -0.39 is 5.41 Å². The number of benzene rings is 1. The zero-order valence-corrected chi connectivity index (χ0v) is 12.7. The number of para-hydroxylation sites is 2. The maximum absolute atomic E-state index is 12.4. The van der Waals surface area contributed by atoms with Crippen LogP contribution in [0.15, 0.2) is 24.3 Å². The molecular formula is C16H22N2O3. The lowest BCUT2D eigenvalue weighted by Gasteiger charge is -2.18. The van der Waals surface area contributed by atoms with E-state index in [9.17, 15) is 9.59 Å². The van der Waals surface area contributed by atoms with Crippen molar-refractivity contribution in [1.29, 1.82) is 0 Å². The monoisotopic (exact) mass is 290 g/mol. The van der Waals surface area contributed by atoms with Crippen molar-refractivity contribution in [2.75, 3.05) is 11.9 Å². The van der Waals surface area contributed by atoms with Crippen LogP contribution in [-0.4, -0.2) is 24.5 Å². The lowest BCUT2D eigenvalue weighted by Crippen LogP contribution is -2.42. The molecule has 0 bridgehead atoms. The smallest absolute Gasteiger partial charge is 0.240 e. The largest absolute Gasteiger partial charge is 0.492 e. The maximum Gasteiger partial charge on any atom is 0.240 e. The Morgan fingerprint density at radius 2 is 1.90 bits per heavy atom. The van der Waals surface area contributed by atoms with Gasteiger partial charge in [0.15, 0.2) is 0 Å². The number of anilines is 1. The fourth-order valence-electron chi connectivity index (χ4n) is 2.18. The Bertz CT molecular complexity index is 536. The van der Waals surface area contributed by atoms with Gasteiger partial charge in [-0.1, -0.05) is 12.1 Å². The molecule has 1 aliphatic carbocycles. The van der Waals surface area contributed by atoms with Gasteiger partial charge >= 0.3 is 0 Å². The first-order valence-corrected chi connectivity index (χ1v) is 7.34. The average molecular weight is 290 g/mol. The predicted octanol–water partition coefficient (Wildman–Crippen LogP) is 2.33. The standard InChI is InChI=1S/C16H22N2O3/c1-4-21-13-8-6-5-7-12(13)18-15(20)16(9-10-16)14(19)17-11(2)3/h5-8,11H,4,9-10H2,1-3H3,(H,17,19)(H,18,20). The van der Waals surface area contributed by atoms with Gasteiger partial charge in [0.05, 0.1) is 12.3 Å². The van der Waals surface area contributed by atoms with Crippen LogP contribution < -0.4 is 15.4 Å². The minimum absolute atomic E-state index is 0.0264. The Morgan fingerprint density at radius 3 is 2.48 bits per heavy atom. The van der Waals surface area contributed by atoms with Crippen LogP contribution >= 0.6 is 0 Å². The van der Waals surface area contributed by atoms with E-state index in [4.69, 9.17) is 4.74 Å². The van der Waals surface area contributed by atoms with E-state index in [0.29, 0.717) is 30.9 Å². The summed E-state index contributed by atoms with van der Waals surface area (Å²) in [4.78, 5) is 24.6. The second-order valence-corrected chi connectivity index (χ2v) is 5.59. The molecule has 1 saturated carbocycles. The molecule has 0 saturated heterocycles. The first-order chi connectivity index (χ1) is 9.99. The SMILES string of the molecule is CCOc1ccccc1NC(=O)C1(C(=O)NC(C)C)CC1. The molecule has 0 atom stereocenters. The van der Waals surface area contributed by atoms with Gasteiger partial charge in [-0.05, 0) is 45.7 Å². The Balaban J connectivity index is 2.10. The van der Waals surface area contributed by atoms with Gasteiger partial charge in [0.2, 0.25) is 11.8 Å². The van der Waals surface area contributed by atoms with Crippen LogP contribution in [0.5, 0.6) is 5.75 Å². The molecule has 2 N–H and O–H groups in total. The molecular weight excluding hydrogens is 268 g/mol. The quantitative estimate of drug-likeness (QED) is 0.790. The number of nitrogens with one attached hydrogen (secondary N) is 2. The molecule has 1 fully saturated rings. The molecule has 1 aliphatic rings. The van der Waals surface area contributed by atoms with Gasteiger partial charge in [0.1, 0.15) is 11.2 Å². The summed E-state index contributed by atoms with van der Waals surface area (Å²) in [6.07, 6.45) is 1.18. The number of amides is 2. The summed E-state index contributed by atoms with van der Waals surface area (Å²) in [5.41, 5.74) is -0.308. The number of carbonyl (C=O) groups excluding carboxylic acids is 2. The summed E-state index contributed by atoms with van der Waals surface area (Å²) >= 11 is 0. The van der Waals surface area contributed by atoms with Crippen molar-refractivity contribution >= 4 is 17.5 Å². The molecule has 0 aromatic heterocycles. The first kappa shape index (κ1) is 15.4. The lowest BCUT2D eigenvalue weighted by atomic mass is 10.0.